The highest BCUT2D eigenvalue weighted by atomic mass is 32.2. The number of benzene rings is 1. The molecule has 4 amide bonds. The summed E-state index contributed by atoms with van der Waals surface area (Å²) >= 11 is 1.51. The molecule has 3 aromatic rings. The fraction of sp³-hybridized carbons (Fsp3) is 0.568. The molecule has 1 saturated heterocycles. The van der Waals surface area contributed by atoms with Crippen LogP contribution in [0, 0.1) is 5.92 Å². The van der Waals surface area contributed by atoms with Gasteiger partial charge in [0.25, 0.3) is 5.91 Å². The van der Waals surface area contributed by atoms with E-state index in [9.17, 15) is 22.8 Å². The monoisotopic (exact) mass is 781 g/mol. The smallest absolute Gasteiger partial charge is 0.319 e. The number of methoxy groups -OCH3 is 2. The van der Waals surface area contributed by atoms with E-state index < -0.39 is 50.3 Å². The van der Waals surface area contributed by atoms with Crippen LogP contribution in [-0.4, -0.2) is 108 Å². The largest absolute Gasteiger partial charge is 0.497 e. The summed E-state index contributed by atoms with van der Waals surface area (Å²) in [6.07, 6.45) is 6.68. The number of fused-ring (bicyclic) bond motifs is 3. The topological polar surface area (TPSA) is 182 Å². The van der Waals surface area contributed by atoms with Crippen molar-refractivity contribution in [3.05, 3.63) is 34.7 Å². The molecule has 4 aliphatic rings. The van der Waals surface area contributed by atoms with Crippen molar-refractivity contribution in [2.45, 2.75) is 94.1 Å². The standard InChI is InChI=1S/C37H47N7O8S2/c1-21(2)32-39-26(20-53-32)30-38-25-15-23(50-5)17-28(51-6)29(25)31(40-30)52-24-16-27-33(45)43(4)14-10-8-7-9-11-22-18-37(22,41-35(47)44(27)19-24)34(46)42-54(48,49)36(3)12-13-36/h9,11,15,17,20-22,24,27H,7-8,10,12-14,16,18-19H2,1-6H3,(H,41,47)(H,42,46)/b11-9-/t22-,24+,27+,37-/m1/s1. The van der Waals surface area contributed by atoms with E-state index in [1.807, 2.05) is 17.5 Å². The first kappa shape index (κ1) is 37.8. The summed E-state index contributed by atoms with van der Waals surface area (Å²) in [6.45, 7) is 6.20. The van der Waals surface area contributed by atoms with Crippen LogP contribution in [0.2, 0.25) is 0 Å². The maximum Gasteiger partial charge on any atom is 0.319 e. The number of ether oxygens (including phenoxy) is 3. The van der Waals surface area contributed by atoms with Gasteiger partial charge in [0.1, 0.15) is 40.3 Å². The van der Waals surface area contributed by atoms with Crippen LogP contribution in [0.4, 0.5) is 4.79 Å². The second kappa shape index (κ2) is 14.3. The zero-order chi connectivity index (χ0) is 38.6. The minimum Gasteiger partial charge on any atom is -0.497 e. The third kappa shape index (κ3) is 7.07. The van der Waals surface area contributed by atoms with Crippen LogP contribution in [-0.2, 0) is 19.6 Å². The van der Waals surface area contributed by atoms with Gasteiger partial charge in [-0.05, 0) is 45.4 Å². The summed E-state index contributed by atoms with van der Waals surface area (Å²) in [7, 11) is 0.822. The number of carbonyl (C=O) groups excluding carboxylic acids is 3. The molecule has 15 nitrogen and oxygen atoms in total. The second-order valence-electron chi connectivity index (χ2n) is 15.2. The summed E-state index contributed by atoms with van der Waals surface area (Å²) in [4.78, 5) is 59.5. The van der Waals surface area contributed by atoms with Crippen LogP contribution in [0.25, 0.3) is 22.4 Å². The quantitative estimate of drug-likeness (QED) is 0.294. The Hall–Kier alpha value is -4.51. The highest BCUT2D eigenvalue weighted by molar-refractivity contribution is 7.91. The third-order valence-electron chi connectivity index (χ3n) is 10.9. The van der Waals surface area contributed by atoms with Gasteiger partial charge in [0.15, 0.2) is 5.82 Å². The van der Waals surface area contributed by atoms with Crippen LogP contribution in [0.15, 0.2) is 29.7 Å². The van der Waals surface area contributed by atoms with Gasteiger partial charge in [0.05, 0.1) is 36.0 Å². The van der Waals surface area contributed by atoms with Crippen molar-refractivity contribution in [2.24, 2.45) is 5.92 Å². The first-order valence-electron chi connectivity index (χ1n) is 18.3. The molecule has 0 spiro atoms. The van der Waals surface area contributed by atoms with Gasteiger partial charge in [-0.15, -0.1) is 11.3 Å². The fourth-order valence-electron chi connectivity index (χ4n) is 7.07. The highest BCUT2D eigenvalue weighted by Crippen LogP contribution is 2.48. The molecule has 2 aliphatic heterocycles. The normalized spacial score (nSPS) is 26.0. The molecular weight excluding hydrogens is 735 g/mol. The number of allylic oxidation sites excluding steroid dienone is 1. The lowest BCUT2D eigenvalue weighted by molar-refractivity contribution is -0.134. The van der Waals surface area contributed by atoms with E-state index in [4.69, 9.17) is 29.2 Å². The van der Waals surface area contributed by atoms with Crippen molar-refractivity contribution < 1.29 is 37.0 Å². The molecule has 2 N–H and O–H groups in total. The number of thiazole rings is 1. The molecule has 54 heavy (non-hydrogen) atoms. The number of carbonyl (C=O) groups is 3. The van der Waals surface area contributed by atoms with E-state index >= 15 is 0 Å². The predicted molar refractivity (Wildman–Crippen MR) is 202 cm³/mol. The first-order chi connectivity index (χ1) is 25.7. The predicted octanol–water partition coefficient (Wildman–Crippen LogP) is 4.38. The van der Waals surface area contributed by atoms with Crippen molar-refractivity contribution in [3.63, 3.8) is 0 Å². The average molecular weight is 782 g/mol. The second-order valence-corrected chi connectivity index (χ2v) is 18.3. The van der Waals surface area contributed by atoms with E-state index in [1.165, 1.54) is 23.3 Å². The molecule has 2 aromatic heterocycles. The molecule has 4 heterocycles. The molecule has 290 valence electrons. The van der Waals surface area contributed by atoms with Crippen molar-refractivity contribution in [2.75, 3.05) is 34.4 Å². The number of sulfonamides is 1. The van der Waals surface area contributed by atoms with Crippen LogP contribution in [0.3, 0.4) is 0 Å². The number of aromatic nitrogens is 3. The Morgan fingerprint density at radius 2 is 1.89 bits per heavy atom. The Bertz CT molecular complexity index is 2120. The average Bonchev–Trinajstić information content (AvgIpc) is 3.91. The lowest BCUT2D eigenvalue weighted by atomic mass is 10.1. The lowest BCUT2D eigenvalue weighted by Crippen LogP contribution is -2.58. The van der Waals surface area contributed by atoms with Gasteiger partial charge in [-0.2, -0.15) is 4.98 Å². The highest BCUT2D eigenvalue weighted by Gasteiger charge is 2.63. The molecule has 0 bridgehead atoms. The van der Waals surface area contributed by atoms with Crippen LogP contribution in [0.5, 0.6) is 17.4 Å². The molecule has 7 rings (SSSR count). The fourth-order valence-corrected chi connectivity index (χ4v) is 9.19. The summed E-state index contributed by atoms with van der Waals surface area (Å²) in [5.74, 6) is 0.206. The van der Waals surface area contributed by atoms with E-state index in [0.29, 0.717) is 53.3 Å². The van der Waals surface area contributed by atoms with Gasteiger partial charge in [0.2, 0.25) is 21.8 Å². The van der Waals surface area contributed by atoms with Crippen LogP contribution >= 0.6 is 11.3 Å². The maximum atomic E-state index is 14.3. The minimum absolute atomic E-state index is 0.0157. The maximum absolute atomic E-state index is 14.3. The number of amides is 4. The molecular formula is C37H47N7O8S2. The SMILES string of the molecule is COc1cc(OC)c2c(O[C@H]3C[C@H]4C(=O)N(C)CCCC/C=C\[C@@H]5C[C@@]5(C(=O)NS(=O)(=O)C5(C)CC5)NC(=O)N4C3)nc(-c3csc(C(C)C)n3)nc2c1. The number of nitrogens with one attached hydrogen (secondary N) is 2. The van der Waals surface area contributed by atoms with E-state index in [0.717, 1.165) is 24.3 Å². The van der Waals surface area contributed by atoms with Crippen LogP contribution < -0.4 is 24.2 Å². The Balaban J connectivity index is 1.22. The molecule has 3 fully saturated rings. The zero-order valence-electron chi connectivity index (χ0n) is 31.4. The van der Waals surface area contributed by atoms with Gasteiger partial charge in [-0.1, -0.05) is 26.0 Å². The lowest BCUT2D eigenvalue weighted by Gasteiger charge is -2.30. The summed E-state index contributed by atoms with van der Waals surface area (Å²) in [5, 5.41) is 6.18. The van der Waals surface area contributed by atoms with E-state index in [1.54, 1.807) is 38.1 Å². The van der Waals surface area contributed by atoms with Gasteiger partial charge >= 0.3 is 6.03 Å². The molecule has 0 radical (unpaired) electrons. The van der Waals surface area contributed by atoms with Crippen LogP contribution in [0.1, 0.15) is 76.6 Å². The van der Waals surface area contributed by atoms with Gasteiger partial charge < -0.3 is 29.3 Å². The molecule has 0 unspecified atom stereocenters. The van der Waals surface area contributed by atoms with Gasteiger partial charge in [-0.3, -0.25) is 14.3 Å². The number of hydrogen-bond donors (Lipinski definition) is 2. The zero-order valence-corrected chi connectivity index (χ0v) is 33.0. The summed E-state index contributed by atoms with van der Waals surface area (Å²) in [6, 6.07) is 1.87. The van der Waals surface area contributed by atoms with Crippen molar-refractivity contribution in [3.8, 4) is 28.9 Å². The Kier molecular flexibility index (Phi) is 10.00. The Morgan fingerprint density at radius 1 is 1.11 bits per heavy atom. The number of urea groups is 1. The van der Waals surface area contributed by atoms with Crippen molar-refractivity contribution >= 4 is 50.1 Å². The third-order valence-corrected chi connectivity index (χ3v) is 14.2. The number of hydrogen-bond acceptors (Lipinski definition) is 12. The molecule has 17 heteroatoms. The number of likely N-dealkylation sites (N-methyl/N-ethyl adjacent to an activating group) is 1. The van der Waals surface area contributed by atoms with Gasteiger partial charge in [-0.25, -0.2) is 23.2 Å². The van der Waals surface area contributed by atoms with Gasteiger partial charge in [0, 0.05) is 49.4 Å². The molecule has 4 atom stereocenters. The Labute approximate surface area is 318 Å². The van der Waals surface area contributed by atoms with E-state index in [-0.39, 0.29) is 37.1 Å². The summed E-state index contributed by atoms with van der Waals surface area (Å²) < 4.78 is 45.4. The van der Waals surface area contributed by atoms with Crippen molar-refractivity contribution in [1.82, 2.24) is 34.8 Å². The number of rotatable bonds is 9. The first-order valence-corrected chi connectivity index (χ1v) is 20.7. The molecule has 2 aliphatic carbocycles. The van der Waals surface area contributed by atoms with Crippen molar-refractivity contribution in [1.29, 1.82) is 0 Å². The molecule has 1 aromatic carbocycles. The number of nitrogens with zero attached hydrogens (tertiary/aromatic N) is 5. The Morgan fingerprint density at radius 3 is 2.57 bits per heavy atom. The molecule has 2 saturated carbocycles. The van der Waals surface area contributed by atoms with E-state index in [2.05, 4.69) is 23.9 Å². The summed E-state index contributed by atoms with van der Waals surface area (Å²) in [5.41, 5.74) is -0.418. The minimum atomic E-state index is -3.96.